The highest BCUT2D eigenvalue weighted by Crippen LogP contribution is 2.32. The van der Waals surface area contributed by atoms with Crippen LogP contribution in [0.2, 0.25) is 0 Å². The number of rotatable bonds is 10. The fraction of sp³-hybridized carbons (Fsp3) is 0.304. The summed E-state index contributed by atoms with van der Waals surface area (Å²) in [6.07, 6.45) is 2.06. The Kier molecular flexibility index (Phi) is 8.47. The van der Waals surface area contributed by atoms with Crippen molar-refractivity contribution in [2.24, 2.45) is 0 Å². The molecule has 1 amide bonds. The Hall–Kier alpha value is -2.73. The molecule has 0 unspecified atom stereocenters. The molecule has 2 aromatic rings. The zero-order chi connectivity index (χ0) is 24.9. The van der Waals surface area contributed by atoms with Crippen LogP contribution >= 0.6 is 15.9 Å². The number of methoxy groups -OCH3 is 2. The van der Waals surface area contributed by atoms with Crippen molar-refractivity contribution in [2.75, 3.05) is 27.4 Å². The van der Waals surface area contributed by atoms with E-state index in [4.69, 9.17) is 13.9 Å². The van der Waals surface area contributed by atoms with Gasteiger partial charge in [0.1, 0.15) is 11.5 Å². The molecule has 3 rings (SSSR count). The van der Waals surface area contributed by atoms with E-state index >= 15 is 0 Å². The Balaban J connectivity index is 1.79. The van der Waals surface area contributed by atoms with Crippen molar-refractivity contribution in [1.82, 2.24) is 9.62 Å². The van der Waals surface area contributed by atoms with Crippen LogP contribution in [0.3, 0.4) is 0 Å². The number of nitrogens with one attached hydrogen (secondary N) is 1. The van der Waals surface area contributed by atoms with E-state index in [1.54, 1.807) is 38.3 Å². The van der Waals surface area contributed by atoms with Gasteiger partial charge in [0.25, 0.3) is 5.91 Å². The van der Waals surface area contributed by atoms with Crippen LogP contribution in [0.15, 0.2) is 67.0 Å². The minimum atomic E-state index is -3.73. The summed E-state index contributed by atoms with van der Waals surface area (Å²) in [7, 11) is -0.905. The van der Waals surface area contributed by atoms with Gasteiger partial charge in [-0.1, -0.05) is 15.9 Å². The molecule has 0 radical (unpaired) electrons. The third-order valence-electron chi connectivity index (χ3n) is 5.16. The maximum atomic E-state index is 13.0. The maximum Gasteiger partial charge on any atom is 0.340 e. The number of esters is 1. The summed E-state index contributed by atoms with van der Waals surface area (Å²) in [5.74, 6) is -0.326. The lowest BCUT2D eigenvalue weighted by Crippen LogP contribution is -2.26. The van der Waals surface area contributed by atoms with Gasteiger partial charge in [0.2, 0.25) is 10.0 Å². The molecule has 1 aliphatic heterocycles. The van der Waals surface area contributed by atoms with Crippen LogP contribution in [0.5, 0.6) is 0 Å². The number of hydrogen-bond acceptors (Lipinski definition) is 7. The van der Waals surface area contributed by atoms with Crippen molar-refractivity contribution in [3.8, 4) is 0 Å². The molecule has 0 saturated heterocycles. The zero-order valence-electron chi connectivity index (χ0n) is 19.0. The van der Waals surface area contributed by atoms with E-state index in [1.807, 2.05) is 0 Å². The topological polar surface area (TPSA) is 115 Å². The number of allylic oxidation sites excluding steroid dienone is 1. The largest absolute Gasteiger partial charge is 0.465 e. The maximum absolute atomic E-state index is 13.0. The van der Waals surface area contributed by atoms with Gasteiger partial charge in [0.15, 0.2) is 0 Å². The van der Waals surface area contributed by atoms with Gasteiger partial charge in [-0.25, -0.2) is 17.9 Å². The predicted octanol–water partition coefficient (Wildman–Crippen LogP) is 3.23. The molecule has 1 aliphatic rings. The Morgan fingerprint density at radius 3 is 2.53 bits per heavy atom. The summed E-state index contributed by atoms with van der Waals surface area (Å²) in [5, 5.41) is 0. The van der Waals surface area contributed by atoms with Crippen molar-refractivity contribution in [3.63, 3.8) is 0 Å². The van der Waals surface area contributed by atoms with Gasteiger partial charge in [0, 0.05) is 30.4 Å². The predicted molar refractivity (Wildman–Crippen MR) is 128 cm³/mol. The number of amides is 1. The number of halogens is 1. The van der Waals surface area contributed by atoms with E-state index in [0.717, 1.165) is 4.47 Å². The van der Waals surface area contributed by atoms with Gasteiger partial charge in [-0.3, -0.25) is 4.79 Å². The fourth-order valence-electron chi connectivity index (χ4n) is 3.44. The molecule has 0 fully saturated rings. The van der Waals surface area contributed by atoms with Crippen LogP contribution < -0.4 is 4.72 Å². The van der Waals surface area contributed by atoms with Crippen LogP contribution in [0.4, 0.5) is 0 Å². The second-order valence-corrected chi connectivity index (χ2v) is 10.1. The summed E-state index contributed by atoms with van der Waals surface area (Å²) in [6, 6.07) is 9.44. The van der Waals surface area contributed by atoms with Crippen LogP contribution in [0.1, 0.15) is 24.9 Å². The molecule has 0 atom stereocenters. The molecule has 1 aromatic heterocycles. The first-order chi connectivity index (χ1) is 16.2. The molecule has 2 heterocycles. The van der Waals surface area contributed by atoms with E-state index in [9.17, 15) is 18.0 Å². The highest BCUT2D eigenvalue weighted by atomic mass is 79.9. The number of ether oxygens (including phenoxy) is 2. The van der Waals surface area contributed by atoms with Crippen molar-refractivity contribution < 1.29 is 31.9 Å². The molecule has 1 aromatic carbocycles. The monoisotopic (exact) mass is 552 g/mol. The molecular weight excluding hydrogens is 528 g/mol. The first kappa shape index (κ1) is 25.9. The van der Waals surface area contributed by atoms with Gasteiger partial charge in [0.05, 0.1) is 29.7 Å². The zero-order valence-corrected chi connectivity index (χ0v) is 21.4. The fourth-order valence-corrected chi connectivity index (χ4v) is 4.69. The van der Waals surface area contributed by atoms with Crippen LogP contribution in [0, 0.1) is 0 Å². The Morgan fingerprint density at radius 1 is 1.18 bits per heavy atom. The number of carbonyl (C=O) groups excluding carboxylic acids is 2. The van der Waals surface area contributed by atoms with E-state index in [1.165, 1.54) is 30.2 Å². The third kappa shape index (κ3) is 5.84. The summed E-state index contributed by atoms with van der Waals surface area (Å²) in [5.41, 5.74) is 0.810. The lowest BCUT2D eigenvalue weighted by molar-refractivity contribution is -0.136. The molecule has 0 spiro atoms. The van der Waals surface area contributed by atoms with E-state index < -0.39 is 16.0 Å². The SMILES string of the molecule is COCCCN1C(=O)/C(=C/c2ccc(CNS(=O)(=O)c3ccc(Br)cc3)o2)C(C(=O)OC)=C1C. The number of sulfonamides is 1. The number of hydrogen-bond donors (Lipinski definition) is 1. The number of carbonyl (C=O) groups is 2. The molecule has 11 heteroatoms. The number of nitrogens with zero attached hydrogens (tertiary/aromatic N) is 1. The van der Waals surface area contributed by atoms with Gasteiger partial charge in [-0.15, -0.1) is 0 Å². The van der Waals surface area contributed by atoms with Crippen LogP contribution in [-0.2, 0) is 35.6 Å². The smallest absolute Gasteiger partial charge is 0.340 e. The number of furan rings is 1. The lowest BCUT2D eigenvalue weighted by atomic mass is 10.1. The van der Waals surface area contributed by atoms with Crippen molar-refractivity contribution >= 4 is 43.9 Å². The summed E-state index contributed by atoms with van der Waals surface area (Å²) >= 11 is 3.27. The summed E-state index contributed by atoms with van der Waals surface area (Å²) in [4.78, 5) is 27.0. The summed E-state index contributed by atoms with van der Waals surface area (Å²) in [6.45, 7) is 2.46. The van der Waals surface area contributed by atoms with Gasteiger partial charge < -0.3 is 18.8 Å². The molecule has 0 saturated carbocycles. The minimum Gasteiger partial charge on any atom is -0.465 e. The van der Waals surface area contributed by atoms with Gasteiger partial charge in [-0.05, 0) is 55.8 Å². The average molecular weight is 553 g/mol. The van der Waals surface area contributed by atoms with Crippen molar-refractivity contribution in [1.29, 1.82) is 0 Å². The molecule has 182 valence electrons. The van der Waals surface area contributed by atoms with Crippen molar-refractivity contribution in [3.05, 3.63) is 69.2 Å². The second-order valence-electron chi connectivity index (χ2n) is 7.40. The minimum absolute atomic E-state index is 0.0859. The van der Waals surface area contributed by atoms with Crippen molar-refractivity contribution in [2.45, 2.75) is 24.8 Å². The highest BCUT2D eigenvalue weighted by molar-refractivity contribution is 9.10. The summed E-state index contributed by atoms with van der Waals surface area (Å²) < 4.78 is 43.8. The molecule has 9 nitrogen and oxygen atoms in total. The third-order valence-corrected chi connectivity index (χ3v) is 7.11. The molecule has 0 bridgehead atoms. The molecule has 0 aliphatic carbocycles. The first-order valence-electron chi connectivity index (χ1n) is 10.3. The van der Waals surface area contributed by atoms with E-state index in [0.29, 0.717) is 36.8 Å². The highest BCUT2D eigenvalue weighted by Gasteiger charge is 2.36. The first-order valence-corrected chi connectivity index (χ1v) is 12.6. The number of benzene rings is 1. The van der Waals surface area contributed by atoms with E-state index in [2.05, 4.69) is 20.7 Å². The Labute approximate surface area is 206 Å². The molecule has 34 heavy (non-hydrogen) atoms. The quantitative estimate of drug-likeness (QED) is 0.273. The van der Waals surface area contributed by atoms with E-state index in [-0.39, 0.29) is 28.5 Å². The Morgan fingerprint density at radius 2 is 1.88 bits per heavy atom. The Bertz CT molecular complexity index is 1230. The molecular formula is C23H25BrN2O7S. The van der Waals surface area contributed by atoms with Gasteiger partial charge in [-0.2, -0.15) is 0 Å². The average Bonchev–Trinajstić information content (AvgIpc) is 3.35. The van der Waals surface area contributed by atoms with Gasteiger partial charge >= 0.3 is 5.97 Å². The normalized spacial score (nSPS) is 15.5. The molecule has 1 N–H and O–H groups in total. The standard InChI is InChI=1S/C23H25BrN2O7S/c1-15-21(23(28)32-3)20(22(27)26(15)11-4-12-31-2)13-17-7-8-18(33-17)14-25-34(29,30)19-9-5-16(24)6-10-19/h5-10,13,25H,4,11-12,14H2,1-3H3/b20-13+. The van der Waals surface area contributed by atoms with Crippen LogP contribution in [-0.4, -0.2) is 52.6 Å². The second kappa shape index (κ2) is 11.1. The van der Waals surface area contributed by atoms with Crippen LogP contribution in [0.25, 0.3) is 6.08 Å². The lowest BCUT2D eigenvalue weighted by Gasteiger charge is -2.17.